The molecular weight excluding hydrogens is 262 g/mol. The van der Waals surface area contributed by atoms with Crippen molar-refractivity contribution in [2.24, 2.45) is 0 Å². The molecule has 0 aromatic carbocycles. The number of aromatic nitrogens is 2. The summed E-state index contributed by atoms with van der Waals surface area (Å²) >= 11 is 1.59. The predicted molar refractivity (Wildman–Crippen MR) is 73.6 cm³/mol. The molecule has 0 aliphatic carbocycles. The molecule has 2 aliphatic rings. The number of nitrogens with one attached hydrogen (secondary N) is 1. The zero-order valence-electron chi connectivity index (χ0n) is 11.1. The van der Waals surface area contributed by atoms with Gasteiger partial charge in [0.15, 0.2) is 0 Å². The Labute approximate surface area is 117 Å². The van der Waals surface area contributed by atoms with Gasteiger partial charge in [0.25, 0.3) is 0 Å². The third-order valence-corrected chi connectivity index (χ3v) is 4.44. The van der Waals surface area contributed by atoms with Gasteiger partial charge in [0.05, 0.1) is 12.2 Å². The molecule has 6 heteroatoms. The van der Waals surface area contributed by atoms with E-state index in [9.17, 15) is 0 Å². The monoisotopic (exact) mass is 281 g/mol. The van der Waals surface area contributed by atoms with Crippen LogP contribution >= 0.6 is 11.8 Å². The Balaban J connectivity index is 1.61. The molecule has 1 unspecified atom stereocenters. The van der Waals surface area contributed by atoms with Crippen molar-refractivity contribution >= 4 is 11.8 Å². The molecule has 1 atom stereocenters. The van der Waals surface area contributed by atoms with Crippen molar-refractivity contribution in [2.45, 2.75) is 36.0 Å². The third kappa shape index (κ3) is 3.01. The Morgan fingerprint density at radius 1 is 1.42 bits per heavy atom. The van der Waals surface area contributed by atoms with E-state index in [0.29, 0.717) is 12.5 Å². The number of thioether (sulfide) groups is 1. The van der Waals surface area contributed by atoms with Gasteiger partial charge in [0.2, 0.25) is 5.88 Å². The normalized spacial score (nSPS) is 25.6. The van der Waals surface area contributed by atoms with Crippen molar-refractivity contribution in [1.82, 2.24) is 15.3 Å². The lowest BCUT2D eigenvalue weighted by Crippen LogP contribution is -2.41. The SMILES string of the molecule is CSc1cc(OC2COC3(CCNCC3)C2)ncn1. The van der Waals surface area contributed by atoms with Gasteiger partial charge in [-0.2, -0.15) is 0 Å². The summed E-state index contributed by atoms with van der Waals surface area (Å²) in [6.45, 7) is 2.74. The first kappa shape index (κ1) is 13.1. The molecule has 2 aliphatic heterocycles. The van der Waals surface area contributed by atoms with Crippen LogP contribution in [0, 0.1) is 0 Å². The van der Waals surface area contributed by atoms with Crippen LogP contribution in [-0.2, 0) is 4.74 Å². The largest absolute Gasteiger partial charge is 0.472 e. The van der Waals surface area contributed by atoms with E-state index in [1.807, 2.05) is 12.3 Å². The summed E-state index contributed by atoms with van der Waals surface area (Å²) in [6.07, 6.45) is 6.78. The van der Waals surface area contributed by atoms with E-state index in [1.165, 1.54) is 0 Å². The van der Waals surface area contributed by atoms with Gasteiger partial charge in [-0.25, -0.2) is 9.97 Å². The van der Waals surface area contributed by atoms with Gasteiger partial charge in [-0.1, -0.05) is 0 Å². The average molecular weight is 281 g/mol. The van der Waals surface area contributed by atoms with Crippen LogP contribution in [0.4, 0.5) is 0 Å². The molecule has 1 aromatic heterocycles. The fourth-order valence-corrected chi connectivity index (χ4v) is 3.15. The van der Waals surface area contributed by atoms with Crippen LogP contribution in [0.5, 0.6) is 5.88 Å². The van der Waals surface area contributed by atoms with Crippen LogP contribution in [0.1, 0.15) is 19.3 Å². The summed E-state index contributed by atoms with van der Waals surface area (Å²) in [7, 11) is 0. The minimum absolute atomic E-state index is 0.0330. The maximum absolute atomic E-state index is 6.01. The van der Waals surface area contributed by atoms with Crippen LogP contribution in [0.15, 0.2) is 17.4 Å². The molecule has 1 aromatic rings. The summed E-state index contributed by atoms with van der Waals surface area (Å²) in [5.74, 6) is 0.652. The van der Waals surface area contributed by atoms with E-state index in [1.54, 1.807) is 18.1 Å². The number of hydrogen-bond acceptors (Lipinski definition) is 6. The second-order valence-corrected chi connectivity index (χ2v) is 5.91. The summed E-state index contributed by atoms with van der Waals surface area (Å²) in [5, 5.41) is 4.30. The summed E-state index contributed by atoms with van der Waals surface area (Å²) in [4.78, 5) is 8.32. The van der Waals surface area contributed by atoms with Crippen LogP contribution < -0.4 is 10.1 Å². The molecule has 1 spiro atoms. The van der Waals surface area contributed by atoms with Gasteiger partial charge in [-0.3, -0.25) is 0 Å². The Morgan fingerprint density at radius 2 is 2.26 bits per heavy atom. The third-order valence-electron chi connectivity index (χ3n) is 3.80. The van der Waals surface area contributed by atoms with Crippen molar-refractivity contribution in [1.29, 1.82) is 0 Å². The van der Waals surface area contributed by atoms with Crippen LogP contribution in [0.25, 0.3) is 0 Å². The molecule has 104 valence electrons. The Bertz CT molecular complexity index is 438. The van der Waals surface area contributed by atoms with Crippen LogP contribution in [-0.4, -0.2) is 47.6 Å². The van der Waals surface area contributed by atoms with Crippen molar-refractivity contribution in [3.63, 3.8) is 0 Å². The highest BCUT2D eigenvalue weighted by Gasteiger charge is 2.42. The standard InChI is InChI=1S/C13H19N3O2S/c1-19-12-6-11(15-9-16-12)18-10-7-13(17-8-10)2-4-14-5-3-13/h6,9-10,14H,2-5,7-8H2,1H3. The number of piperidine rings is 1. The molecule has 1 N–H and O–H groups in total. The molecule has 3 rings (SSSR count). The molecule has 2 saturated heterocycles. The van der Waals surface area contributed by atoms with E-state index in [0.717, 1.165) is 37.4 Å². The van der Waals surface area contributed by atoms with Gasteiger partial charge >= 0.3 is 0 Å². The Kier molecular flexibility index (Phi) is 3.91. The highest BCUT2D eigenvalue weighted by atomic mass is 32.2. The van der Waals surface area contributed by atoms with E-state index in [4.69, 9.17) is 9.47 Å². The zero-order valence-corrected chi connectivity index (χ0v) is 11.9. The van der Waals surface area contributed by atoms with Crippen molar-refractivity contribution in [3.05, 3.63) is 12.4 Å². The summed E-state index contributed by atoms with van der Waals surface area (Å²) < 4.78 is 11.9. The Morgan fingerprint density at radius 3 is 3.05 bits per heavy atom. The maximum atomic E-state index is 6.01. The second-order valence-electron chi connectivity index (χ2n) is 5.09. The van der Waals surface area contributed by atoms with Gasteiger partial charge in [0.1, 0.15) is 17.5 Å². The lowest BCUT2D eigenvalue weighted by Gasteiger charge is -2.32. The first-order chi connectivity index (χ1) is 9.30. The van der Waals surface area contributed by atoms with E-state index < -0.39 is 0 Å². The fraction of sp³-hybridized carbons (Fsp3) is 0.692. The molecule has 2 fully saturated rings. The average Bonchev–Trinajstić information content (AvgIpc) is 2.82. The van der Waals surface area contributed by atoms with Gasteiger partial charge in [-0.15, -0.1) is 11.8 Å². The maximum Gasteiger partial charge on any atom is 0.217 e. The predicted octanol–water partition coefficient (Wildman–Crippen LogP) is 1.49. The first-order valence-electron chi connectivity index (χ1n) is 6.67. The lowest BCUT2D eigenvalue weighted by atomic mass is 9.89. The summed E-state index contributed by atoms with van der Waals surface area (Å²) in [5.41, 5.74) is 0.0330. The molecule has 0 radical (unpaired) electrons. The highest BCUT2D eigenvalue weighted by Crippen LogP contribution is 2.35. The van der Waals surface area contributed by atoms with Gasteiger partial charge in [-0.05, 0) is 32.2 Å². The smallest absolute Gasteiger partial charge is 0.217 e. The molecule has 0 amide bonds. The number of hydrogen-bond donors (Lipinski definition) is 1. The molecule has 19 heavy (non-hydrogen) atoms. The number of nitrogens with zero attached hydrogens (tertiary/aromatic N) is 2. The minimum Gasteiger partial charge on any atom is -0.472 e. The first-order valence-corrected chi connectivity index (χ1v) is 7.89. The van der Waals surface area contributed by atoms with Crippen molar-refractivity contribution in [2.75, 3.05) is 26.0 Å². The van der Waals surface area contributed by atoms with Crippen molar-refractivity contribution < 1.29 is 9.47 Å². The molecule has 3 heterocycles. The molecule has 0 saturated carbocycles. The lowest BCUT2D eigenvalue weighted by molar-refractivity contribution is -0.0205. The topological polar surface area (TPSA) is 56.3 Å². The fourth-order valence-electron chi connectivity index (χ4n) is 2.78. The second kappa shape index (κ2) is 5.64. The minimum atomic E-state index is 0.0330. The number of rotatable bonds is 3. The summed E-state index contributed by atoms with van der Waals surface area (Å²) in [6, 6.07) is 1.89. The molecule has 5 nitrogen and oxygen atoms in total. The quantitative estimate of drug-likeness (QED) is 0.669. The molecule has 0 bridgehead atoms. The van der Waals surface area contributed by atoms with Gasteiger partial charge < -0.3 is 14.8 Å². The van der Waals surface area contributed by atoms with Gasteiger partial charge in [0, 0.05) is 12.5 Å². The highest BCUT2D eigenvalue weighted by molar-refractivity contribution is 7.98. The van der Waals surface area contributed by atoms with E-state index in [-0.39, 0.29) is 11.7 Å². The van der Waals surface area contributed by atoms with Crippen LogP contribution in [0.2, 0.25) is 0 Å². The Hall–Kier alpha value is -0.850. The molecular formula is C13H19N3O2S. The van der Waals surface area contributed by atoms with E-state index >= 15 is 0 Å². The zero-order chi connectivity index (χ0) is 13.1. The number of ether oxygens (including phenoxy) is 2. The van der Waals surface area contributed by atoms with E-state index in [2.05, 4.69) is 15.3 Å². The van der Waals surface area contributed by atoms with Crippen LogP contribution in [0.3, 0.4) is 0 Å². The van der Waals surface area contributed by atoms with Crippen molar-refractivity contribution in [3.8, 4) is 5.88 Å².